The second-order valence-corrected chi connectivity index (χ2v) is 3.87. The van der Waals surface area contributed by atoms with Crippen LogP contribution in [0.1, 0.15) is 26.2 Å². The van der Waals surface area contributed by atoms with Crippen LogP contribution in [0.3, 0.4) is 0 Å². The molecule has 0 aliphatic carbocycles. The lowest BCUT2D eigenvalue weighted by molar-refractivity contribution is 0.206. The van der Waals surface area contributed by atoms with Crippen LogP contribution < -0.4 is 11.1 Å². The molecular formula is C10H22N4. The molecule has 0 aromatic heterocycles. The van der Waals surface area contributed by atoms with Gasteiger partial charge < -0.3 is 16.0 Å². The summed E-state index contributed by atoms with van der Waals surface area (Å²) in [6.07, 6.45) is 3.60. The summed E-state index contributed by atoms with van der Waals surface area (Å²) in [5, 5.41) is 3.23. The van der Waals surface area contributed by atoms with Crippen LogP contribution in [0.4, 0.5) is 0 Å². The minimum Gasteiger partial charge on any atom is -0.370 e. The largest absolute Gasteiger partial charge is 0.370 e. The summed E-state index contributed by atoms with van der Waals surface area (Å²) in [7, 11) is 1.72. The number of nitrogens with zero attached hydrogens (tertiary/aromatic N) is 2. The lowest BCUT2D eigenvalue weighted by Crippen LogP contribution is -2.47. The molecule has 4 nitrogen and oxygen atoms in total. The second kappa shape index (κ2) is 5.86. The van der Waals surface area contributed by atoms with Crippen LogP contribution in [0, 0.1) is 0 Å². The van der Waals surface area contributed by atoms with Crippen molar-refractivity contribution in [3.8, 4) is 0 Å². The van der Waals surface area contributed by atoms with Gasteiger partial charge in [0, 0.05) is 26.2 Å². The minimum absolute atomic E-state index is 0.520. The first-order chi connectivity index (χ1) is 6.76. The number of rotatable bonds is 3. The van der Waals surface area contributed by atoms with Crippen molar-refractivity contribution < 1.29 is 0 Å². The van der Waals surface area contributed by atoms with Crippen molar-refractivity contribution in [2.24, 2.45) is 10.7 Å². The molecule has 0 unspecified atom stereocenters. The summed E-state index contributed by atoms with van der Waals surface area (Å²) >= 11 is 0. The highest BCUT2D eigenvalue weighted by molar-refractivity contribution is 5.77. The molecule has 0 radical (unpaired) electrons. The first-order valence-corrected chi connectivity index (χ1v) is 5.47. The molecule has 14 heavy (non-hydrogen) atoms. The van der Waals surface area contributed by atoms with Gasteiger partial charge in [-0.25, -0.2) is 0 Å². The summed E-state index contributed by atoms with van der Waals surface area (Å²) in [5.74, 6) is 0.568. The van der Waals surface area contributed by atoms with Crippen molar-refractivity contribution in [3.63, 3.8) is 0 Å². The minimum atomic E-state index is 0.520. The Balaban J connectivity index is 2.22. The molecule has 1 heterocycles. The third-order valence-corrected chi connectivity index (χ3v) is 2.72. The second-order valence-electron chi connectivity index (χ2n) is 3.87. The van der Waals surface area contributed by atoms with Crippen molar-refractivity contribution >= 4 is 5.96 Å². The van der Waals surface area contributed by atoms with Crippen molar-refractivity contribution in [3.05, 3.63) is 0 Å². The molecule has 1 aliphatic heterocycles. The van der Waals surface area contributed by atoms with Crippen LogP contribution in [-0.4, -0.2) is 43.6 Å². The highest BCUT2D eigenvalue weighted by atomic mass is 15.2. The maximum atomic E-state index is 5.62. The molecule has 0 atom stereocenters. The highest BCUT2D eigenvalue weighted by Crippen LogP contribution is 2.09. The van der Waals surface area contributed by atoms with Crippen LogP contribution in [0.15, 0.2) is 4.99 Å². The number of guanidine groups is 1. The molecule has 4 heteroatoms. The number of likely N-dealkylation sites (tertiary alicyclic amines) is 1. The Labute approximate surface area is 86.6 Å². The Morgan fingerprint density at radius 2 is 2.14 bits per heavy atom. The van der Waals surface area contributed by atoms with Crippen molar-refractivity contribution in [2.75, 3.05) is 26.7 Å². The first-order valence-electron chi connectivity index (χ1n) is 5.47. The van der Waals surface area contributed by atoms with E-state index < -0.39 is 0 Å². The number of nitrogens with two attached hydrogens (primary N) is 1. The zero-order chi connectivity index (χ0) is 10.4. The predicted octanol–water partition coefficient (Wildman–Crippen LogP) is 0.395. The number of hydrogen-bond acceptors (Lipinski definition) is 2. The zero-order valence-electron chi connectivity index (χ0n) is 9.29. The summed E-state index contributed by atoms with van der Waals surface area (Å²) in [5.41, 5.74) is 5.62. The van der Waals surface area contributed by atoms with Crippen molar-refractivity contribution in [1.82, 2.24) is 10.2 Å². The number of nitrogens with one attached hydrogen (secondary N) is 1. The van der Waals surface area contributed by atoms with Gasteiger partial charge in [-0.15, -0.1) is 0 Å². The Morgan fingerprint density at radius 3 is 2.64 bits per heavy atom. The molecule has 0 spiro atoms. The predicted molar refractivity (Wildman–Crippen MR) is 60.4 cm³/mol. The summed E-state index contributed by atoms with van der Waals surface area (Å²) in [6.45, 7) is 5.82. The van der Waals surface area contributed by atoms with Crippen LogP contribution in [-0.2, 0) is 0 Å². The van der Waals surface area contributed by atoms with Crippen LogP contribution >= 0.6 is 0 Å². The topological polar surface area (TPSA) is 53.6 Å². The molecule has 0 aromatic rings. The van der Waals surface area contributed by atoms with Gasteiger partial charge in [-0.1, -0.05) is 6.92 Å². The fraction of sp³-hybridized carbons (Fsp3) is 0.900. The summed E-state index contributed by atoms with van der Waals surface area (Å²) < 4.78 is 0. The average molecular weight is 198 g/mol. The SMILES string of the molecule is CCCN1CCC(NC(N)=NC)CC1. The zero-order valence-corrected chi connectivity index (χ0v) is 9.29. The van der Waals surface area contributed by atoms with E-state index in [0.717, 1.165) is 0 Å². The fourth-order valence-electron chi connectivity index (χ4n) is 1.89. The van der Waals surface area contributed by atoms with Gasteiger partial charge in [0.1, 0.15) is 0 Å². The maximum Gasteiger partial charge on any atom is 0.188 e. The van der Waals surface area contributed by atoms with Gasteiger partial charge in [0.25, 0.3) is 0 Å². The van der Waals surface area contributed by atoms with Gasteiger partial charge in [0.05, 0.1) is 0 Å². The van der Waals surface area contributed by atoms with Gasteiger partial charge in [0.2, 0.25) is 0 Å². The van der Waals surface area contributed by atoms with E-state index >= 15 is 0 Å². The monoisotopic (exact) mass is 198 g/mol. The van der Waals surface area contributed by atoms with E-state index in [-0.39, 0.29) is 0 Å². The molecule has 82 valence electrons. The quantitative estimate of drug-likeness (QED) is 0.510. The van der Waals surface area contributed by atoms with Gasteiger partial charge in [-0.3, -0.25) is 4.99 Å². The number of aliphatic imine (C=N–C) groups is 1. The average Bonchev–Trinajstić information content (AvgIpc) is 2.21. The van der Waals surface area contributed by atoms with Crippen LogP contribution in [0.2, 0.25) is 0 Å². The highest BCUT2D eigenvalue weighted by Gasteiger charge is 2.18. The molecule has 0 bridgehead atoms. The number of piperidine rings is 1. The Kier molecular flexibility index (Phi) is 4.73. The van der Waals surface area contributed by atoms with E-state index in [0.29, 0.717) is 12.0 Å². The van der Waals surface area contributed by atoms with E-state index in [9.17, 15) is 0 Å². The summed E-state index contributed by atoms with van der Waals surface area (Å²) in [4.78, 5) is 6.42. The Bertz CT molecular complexity index is 183. The number of hydrogen-bond donors (Lipinski definition) is 2. The normalized spacial score (nSPS) is 21.1. The van der Waals surface area contributed by atoms with Gasteiger partial charge >= 0.3 is 0 Å². The third-order valence-electron chi connectivity index (χ3n) is 2.72. The van der Waals surface area contributed by atoms with Crippen molar-refractivity contribution in [1.29, 1.82) is 0 Å². The molecule has 0 amide bonds. The van der Waals surface area contributed by atoms with Crippen LogP contribution in [0.5, 0.6) is 0 Å². The fourth-order valence-corrected chi connectivity index (χ4v) is 1.89. The van der Waals surface area contributed by atoms with E-state index in [2.05, 4.69) is 22.1 Å². The molecule has 1 fully saturated rings. The third kappa shape index (κ3) is 3.54. The van der Waals surface area contributed by atoms with E-state index in [4.69, 9.17) is 5.73 Å². The van der Waals surface area contributed by atoms with Gasteiger partial charge in [-0.05, 0) is 25.8 Å². The molecule has 1 saturated heterocycles. The first kappa shape index (κ1) is 11.3. The molecule has 1 rings (SSSR count). The van der Waals surface area contributed by atoms with Crippen molar-refractivity contribution in [2.45, 2.75) is 32.2 Å². The smallest absolute Gasteiger partial charge is 0.188 e. The standard InChI is InChI=1S/C10H22N4/c1-3-6-14-7-4-9(5-8-14)13-10(11)12-2/h9H,3-8H2,1-2H3,(H3,11,12,13). The molecule has 3 N–H and O–H groups in total. The lowest BCUT2D eigenvalue weighted by Gasteiger charge is -2.32. The Hall–Kier alpha value is -0.770. The molecule has 0 aromatic carbocycles. The van der Waals surface area contributed by atoms with E-state index in [1.807, 2.05) is 0 Å². The lowest BCUT2D eigenvalue weighted by atomic mass is 10.1. The van der Waals surface area contributed by atoms with Crippen LogP contribution in [0.25, 0.3) is 0 Å². The molecule has 0 saturated carbocycles. The maximum absolute atomic E-state index is 5.62. The summed E-state index contributed by atoms with van der Waals surface area (Å²) in [6, 6.07) is 0.520. The van der Waals surface area contributed by atoms with E-state index in [1.165, 1.54) is 38.9 Å². The van der Waals surface area contributed by atoms with Gasteiger partial charge in [-0.2, -0.15) is 0 Å². The van der Waals surface area contributed by atoms with Gasteiger partial charge in [0.15, 0.2) is 5.96 Å². The Morgan fingerprint density at radius 1 is 1.50 bits per heavy atom. The molecule has 1 aliphatic rings. The molecular weight excluding hydrogens is 176 g/mol. The van der Waals surface area contributed by atoms with E-state index in [1.54, 1.807) is 7.05 Å².